The first-order valence-corrected chi connectivity index (χ1v) is 3.55. The number of aliphatic hydroxyl groups is 1. The lowest BCUT2D eigenvalue weighted by Crippen LogP contribution is -3.00. The van der Waals surface area contributed by atoms with E-state index in [9.17, 15) is 0 Å². The predicted molar refractivity (Wildman–Crippen MR) is 30.0 cm³/mol. The SMILES string of the molecule is [Cl-].[NH3+][C@@H]1CSC[C@H]1O. The summed E-state index contributed by atoms with van der Waals surface area (Å²) in [4.78, 5) is 0. The topological polar surface area (TPSA) is 47.9 Å². The van der Waals surface area contributed by atoms with E-state index in [1.165, 1.54) is 0 Å². The van der Waals surface area contributed by atoms with Gasteiger partial charge in [0, 0.05) is 11.5 Å². The van der Waals surface area contributed by atoms with Crippen molar-refractivity contribution in [2.75, 3.05) is 11.5 Å². The highest BCUT2D eigenvalue weighted by Crippen LogP contribution is 2.14. The molecule has 0 aromatic carbocycles. The molecule has 0 aromatic heterocycles. The van der Waals surface area contributed by atoms with Crippen molar-refractivity contribution < 1.29 is 23.2 Å². The Morgan fingerprint density at radius 1 is 1.50 bits per heavy atom. The molecular weight excluding hydrogens is 146 g/mol. The number of hydrogen-bond acceptors (Lipinski definition) is 2. The van der Waals surface area contributed by atoms with E-state index in [4.69, 9.17) is 5.11 Å². The fourth-order valence-electron chi connectivity index (χ4n) is 0.587. The Kier molecular flexibility index (Phi) is 3.81. The van der Waals surface area contributed by atoms with Crippen LogP contribution in [0.3, 0.4) is 0 Å². The third-order valence-electron chi connectivity index (χ3n) is 1.16. The smallest absolute Gasteiger partial charge is 0.121 e. The standard InChI is InChI=1S/C4H9NOS.ClH/c5-3-1-7-2-4(3)6;/h3-4,6H,1-2,5H2;1H/t3-,4-;/m1./s1. The van der Waals surface area contributed by atoms with Gasteiger partial charge in [0.2, 0.25) is 0 Å². The van der Waals surface area contributed by atoms with Crippen LogP contribution in [-0.4, -0.2) is 28.8 Å². The van der Waals surface area contributed by atoms with E-state index in [-0.39, 0.29) is 24.6 Å². The molecule has 1 heterocycles. The van der Waals surface area contributed by atoms with Crippen LogP contribution in [0.2, 0.25) is 0 Å². The van der Waals surface area contributed by atoms with Gasteiger partial charge in [-0.05, 0) is 0 Å². The second-order valence-corrected chi connectivity index (χ2v) is 2.94. The van der Waals surface area contributed by atoms with E-state index in [0.717, 1.165) is 11.5 Å². The van der Waals surface area contributed by atoms with Gasteiger partial charge in [-0.3, -0.25) is 0 Å². The molecule has 0 saturated carbocycles. The number of aliphatic hydroxyl groups excluding tert-OH is 1. The molecule has 0 spiro atoms. The third-order valence-corrected chi connectivity index (χ3v) is 2.41. The zero-order valence-corrected chi connectivity index (χ0v) is 6.08. The molecule has 50 valence electrons. The average Bonchev–Trinajstić information content (AvgIpc) is 1.91. The van der Waals surface area contributed by atoms with Crippen molar-refractivity contribution >= 4 is 11.8 Å². The lowest BCUT2D eigenvalue weighted by atomic mass is 10.2. The molecule has 1 aliphatic rings. The zero-order chi connectivity index (χ0) is 5.28. The molecule has 4 N–H and O–H groups in total. The van der Waals surface area contributed by atoms with Crippen LogP contribution in [-0.2, 0) is 0 Å². The molecule has 0 radical (unpaired) electrons. The molecule has 1 aliphatic heterocycles. The van der Waals surface area contributed by atoms with Gasteiger partial charge >= 0.3 is 0 Å². The van der Waals surface area contributed by atoms with Gasteiger partial charge in [-0.2, -0.15) is 11.8 Å². The summed E-state index contributed by atoms with van der Waals surface area (Å²) in [5.41, 5.74) is 3.75. The van der Waals surface area contributed by atoms with Crippen molar-refractivity contribution in [3.8, 4) is 0 Å². The predicted octanol–water partition coefficient (Wildman–Crippen LogP) is -4.29. The van der Waals surface area contributed by atoms with E-state index >= 15 is 0 Å². The van der Waals surface area contributed by atoms with Crippen LogP contribution >= 0.6 is 11.8 Å². The molecule has 1 fully saturated rings. The maximum atomic E-state index is 8.91. The maximum absolute atomic E-state index is 8.91. The third kappa shape index (κ3) is 1.82. The van der Waals surface area contributed by atoms with Gasteiger partial charge in [0.25, 0.3) is 0 Å². The highest BCUT2D eigenvalue weighted by atomic mass is 35.5. The van der Waals surface area contributed by atoms with Crippen molar-refractivity contribution in [3.63, 3.8) is 0 Å². The molecule has 1 rings (SSSR count). The Morgan fingerprint density at radius 2 is 2.12 bits per heavy atom. The summed E-state index contributed by atoms with van der Waals surface area (Å²) < 4.78 is 0. The summed E-state index contributed by atoms with van der Waals surface area (Å²) in [6.45, 7) is 0. The Balaban J connectivity index is 0.000000490. The molecule has 1 saturated heterocycles. The Bertz CT molecular complexity index is 65.1. The fourth-order valence-corrected chi connectivity index (χ4v) is 1.76. The van der Waals surface area contributed by atoms with Crippen LogP contribution < -0.4 is 18.1 Å². The maximum Gasteiger partial charge on any atom is 0.121 e. The number of rotatable bonds is 0. The molecule has 0 aromatic rings. The molecule has 0 amide bonds. The largest absolute Gasteiger partial charge is 1.00 e. The van der Waals surface area contributed by atoms with Crippen molar-refractivity contribution in [2.45, 2.75) is 12.1 Å². The zero-order valence-electron chi connectivity index (χ0n) is 4.51. The minimum absolute atomic E-state index is 0. The first kappa shape index (κ1) is 8.56. The van der Waals surface area contributed by atoms with Gasteiger partial charge < -0.3 is 23.2 Å². The summed E-state index contributed by atoms with van der Waals surface area (Å²) in [6.07, 6.45) is -0.134. The van der Waals surface area contributed by atoms with E-state index in [0.29, 0.717) is 0 Å². The van der Waals surface area contributed by atoms with Crippen molar-refractivity contribution in [3.05, 3.63) is 0 Å². The minimum atomic E-state index is -0.134. The monoisotopic (exact) mass is 155 g/mol. The number of thioether (sulfide) groups is 1. The lowest BCUT2D eigenvalue weighted by molar-refractivity contribution is -0.425. The summed E-state index contributed by atoms with van der Waals surface area (Å²) in [7, 11) is 0. The molecule has 8 heavy (non-hydrogen) atoms. The number of hydrogen-bond donors (Lipinski definition) is 2. The highest BCUT2D eigenvalue weighted by Gasteiger charge is 2.24. The van der Waals surface area contributed by atoms with Crippen LogP contribution in [0.4, 0.5) is 0 Å². The summed E-state index contributed by atoms with van der Waals surface area (Å²) in [6, 6.07) is 0.282. The first-order chi connectivity index (χ1) is 3.30. The molecule has 0 unspecified atom stereocenters. The van der Waals surface area contributed by atoms with Gasteiger partial charge in [-0.1, -0.05) is 0 Å². The van der Waals surface area contributed by atoms with E-state index in [1.807, 2.05) is 0 Å². The molecule has 2 nitrogen and oxygen atoms in total. The molecule has 0 aliphatic carbocycles. The van der Waals surface area contributed by atoms with Crippen molar-refractivity contribution in [1.29, 1.82) is 0 Å². The molecule has 4 heteroatoms. The fraction of sp³-hybridized carbons (Fsp3) is 1.00. The van der Waals surface area contributed by atoms with E-state index in [1.54, 1.807) is 11.8 Å². The highest BCUT2D eigenvalue weighted by molar-refractivity contribution is 7.99. The van der Waals surface area contributed by atoms with Crippen molar-refractivity contribution in [2.24, 2.45) is 0 Å². The summed E-state index contributed by atoms with van der Waals surface area (Å²) >= 11 is 1.78. The van der Waals surface area contributed by atoms with Gasteiger partial charge in [-0.15, -0.1) is 0 Å². The Hall–Kier alpha value is 0.560. The van der Waals surface area contributed by atoms with Gasteiger partial charge in [0.1, 0.15) is 12.1 Å². The van der Waals surface area contributed by atoms with E-state index in [2.05, 4.69) is 5.73 Å². The summed E-state index contributed by atoms with van der Waals surface area (Å²) in [5.74, 6) is 1.91. The Morgan fingerprint density at radius 3 is 2.25 bits per heavy atom. The Labute approximate surface area is 59.2 Å². The molecular formula is C4H10ClNOS. The number of quaternary nitrogens is 1. The number of halogens is 1. The van der Waals surface area contributed by atoms with Crippen LogP contribution in [0.1, 0.15) is 0 Å². The molecule has 2 atom stereocenters. The van der Waals surface area contributed by atoms with Gasteiger partial charge in [0.15, 0.2) is 0 Å². The minimum Gasteiger partial charge on any atom is -1.00 e. The average molecular weight is 156 g/mol. The second kappa shape index (κ2) is 3.56. The summed E-state index contributed by atoms with van der Waals surface area (Å²) in [5, 5.41) is 8.91. The molecule has 0 bridgehead atoms. The van der Waals surface area contributed by atoms with Crippen LogP contribution in [0, 0.1) is 0 Å². The van der Waals surface area contributed by atoms with Gasteiger partial charge in [-0.25, -0.2) is 0 Å². The van der Waals surface area contributed by atoms with Crippen LogP contribution in [0.25, 0.3) is 0 Å². The van der Waals surface area contributed by atoms with Gasteiger partial charge in [0.05, 0.1) is 0 Å². The normalized spacial score (nSPS) is 36.8. The van der Waals surface area contributed by atoms with Crippen molar-refractivity contribution in [1.82, 2.24) is 0 Å². The second-order valence-electron chi connectivity index (χ2n) is 1.86. The lowest BCUT2D eigenvalue weighted by Gasteiger charge is -1.99. The first-order valence-electron chi connectivity index (χ1n) is 2.39. The van der Waals surface area contributed by atoms with E-state index < -0.39 is 0 Å². The quantitative estimate of drug-likeness (QED) is 0.372. The van der Waals surface area contributed by atoms with Crippen LogP contribution in [0.15, 0.2) is 0 Å². The van der Waals surface area contributed by atoms with Crippen LogP contribution in [0.5, 0.6) is 0 Å².